The Balaban J connectivity index is 4.01. The van der Waals surface area contributed by atoms with Gasteiger partial charge >= 0.3 is 0 Å². The fourth-order valence-electron chi connectivity index (χ4n) is 0.766. The smallest absolute Gasteiger partial charge is 0.0398 e. The standard InChI is InChI=1S/C15H20/c1-5-6-7-8-9-10-11-12-13-15(4)14(2)3/h5-13H,1H2,2-4H3. The molecule has 0 N–H and O–H groups in total. The third-order valence-corrected chi connectivity index (χ3v) is 1.94. The second-order valence-electron chi connectivity index (χ2n) is 3.43. The Morgan fingerprint density at radius 1 is 0.733 bits per heavy atom. The van der Waals surface area contributed by atoms with Crippen LogP contribution in [0.5, 0.6) is 0 Å². The van der Waals surface area contributed by atoms with E-state index in [0.29, 0.717) is 0 Å². The molecule has 0 amide bonds. The summed E-state index contributed by atoms with van der Waals surface area (Å²) in [6.45, 7) is 9.93. The average Bonchev–Trinajstić information content (AvgIpc) is 2.21. The van der Waals surface area contributed by atoms with Gasteiger partial charge in [-0.05, 0) is 20.8 Å². The molecule has 0 saturated carbocycles. The first kappa shape index (κ1) is 13.4. The van der Waals surface area contributed by atoms with E-state index in [4.69, 9.17) is 0 Å². The highest BCUT2D eigenvalue weighted by molar-refractivity contribution is 5.25. The molecule has 0 atom stereocenters. The van der Waals surface area contributed by atoms with Crippen LogP contribution >= 0.6 is 0 Å². The van der Waals surface area contributed by atoms with Crippen LogP contribution in [0.4, 0.5) is 0 Å². The summed E-state index contributed by atoms with van der Waals surface area (Å²) >= 11 is 0. The lowest BCUT2D eigenvalue weighted by atomic mass is 10.1. The first-order chi connectivity index (χ1) is 7.18. The van der Waals surface area contributed by atoms with Crippen molar-refractivity contribution in [1.29, 1.82) is 0 Å². The number of hydrogen-bond donors (Lipinski definition) is 0. The van der Waals surface area contributed by atoms with Crippen LogP contribution in [0, 0.1) is 0 Å². The molecule has 0 aliphatic rings. The van der Waals surface area contributed by atoms with Gasteiger partial charge in [0.1, 0.15) is 0 Å². The maximum atomic E-state index is 3.59. The van der Waals surface area contributed by atoms with E-state index >= 15 is 0 Å². The minimum Gasteiger partial charge on any atom is -0.0991 e. The average molecular weight is 200 g/mol. The summed E-state index contributed by atoms with van der Waals surface area (Å²) in [5, 5.41) is 0. The predicted molar refractivity (Wildman–Crippen MR) is 70.8 cm³/mol. The molecule has 0 aromatic heterocycles. The maximum Gasteiger partial charge on any atom is -0.0398 e. The SMILES string of the molecule is C=CC=CC=CC=CC=CC(C)=C(C)C. The molecule has 0 heterocycles. The number of rotatable bonds is 5. The summed E-state index contributed by atoms with van der Waals surface area (Å²) in [6, 6.07) is 0. The summed E-state index contributed by atoms with van der Waals surface area (Å²) in [5.41, 5.74) is 2.67. The van der Waals surface area contributed by atoms with Crippen LogP contribution in [0.2, 0.25) is 0 Å². The van der Waals surface area contributed by atoms with Crippen molar-refractivity contribution in [2.24, 2.45) is 0 Å². The van der Waals surface area contributed by atoms with E-state index in [0.717, 1.165) is 0 Å². The Kier molecular flexibility index (Phi) is 8.08. The van der Waals surface area contributed by atoms with Gasteiger partial charge < -0.3 is 0 Å². The van der Waals surface area contributed by atoms with E-state index in [1.54, 1.807) is 6.08 Å². The van der Waals surface area contributed by atoms with Gasteiger partial charge in [0.05, 0.1) is 0 Å². The van der Waals surface area contributed by atoms with Gasteiger partial charge in [-0.15, -0.1) is 0 Å². The Labute approximate surface area is 93.7 Å². The highest BCUT2D eigenvalue weighted by Gasteiger charge is 1.81. The largest absolute Gasteiger partial charge is 0.0991 e. The van der Waals surface area contributed by atoms with Gasteiger partial charge in [0, 0.05) is 0 Å². The van der Waals surface area contributed by atoms with Crippen molar-refractivity contribution in [2.45, 2.75) is 20.8 Å². The number of hydrogen-bond acceptors (Lipinski definition) is 0. The Morgan fingerprint density at radius 3 is 1.67 bits per heavy atom. The highest BCUT2D eigenvalue weighted by Crippen LogP contribution is 2.02. The molecule has 0 aliphatic heterocycles. The molecule has 0 aromatic carbocycles. The molecule has 80 valence electrons. The van der Waals surface area contributed by atoms with Crippen molar-refractivity contribution in [3.05, 3.63) is 72.4 Å². The van der Waals surface area contributed by atoms with Crippen LogP contribution < -0.4 is 0 Å². The van der Waals surface area contributed by atoms with Crippen molar-refractivity contribution in [1.82, 2.24) is 0 Å². The van der Waals surface area contributed by atoms with Gasteiger partial charge in [-0.3, -0.25) is 0 Å². The fraction of sp³-hybridized carbons (Fsp3) is 0.200. The second kappa shape index (κ2) is 9.01. The van der Waals surface area contributed by atoms with Crippen LogP contribution in [0.15, 0.2) is 72.4 Å². The predicted octanol–water partition coefficient (Wildman–Crippen LogP) is 4.75. The normalized spacial score (nSPS) is 12.2. The van der Waals surface area contributed by atoms with Gasteiger partial charge in [-0.2, -0.15) is 0 Å². The molecule has 0 radical (unpaired) electrons. The molecular formula is C15H20. The zero-order valence-corrected chi connectivity index (χ0v) is 9.90. The van der Waals surface area contributed by atoms with Crippen molar-refractivity contribution >= 4 is 0 Å². The molecule has 0 aliphatic carbocycles. The maximum absolute atomic E-state index is 3.59. The van der Waals surface area contributed by atoms with Gasteiger partial charge in [0.15, 0.2) is 0 Å². The van der Waals surface area contributed by atoms with Crippen molar-refractivity contribution < 1.29 is 0 Å². The van der Waals surface area contributed by atoms with Gasteiger partial charge in [0.25, 0.3) is 0 Å². The third kappa shape index (κ3) is 8.76. The minimum atomic E-state index is 1.31. The lowest BCUT2D eigenvalue weighted by Gasteiger charge is -1.92. The first-order valence-corrected chi connectivity index (χ1v) is 5.11. The van der Waals surface area contributed by atoms with Crippen LogP contribution in [0.25, 0.3) is 0 Å². The lowest BCUT2D eigenvalue weighted by Crippen LogP contribution is -1.71. The van der Waals surface area contributed by atoms with Crippen molar-refractivity contribution in [3.8, 4) is 0 Å². The Hall–Kier alpha value is -1.56. The van der Waals surface area contributed by atoms with E-state index < -0.39 is 0 Å². The molecule has 0 fully saturated rings. The van der Waals surface area contributed by atoms with Crippen LogP contribution in [-0.4, -0.2) is 0 Å². The van der Waals surface area contributed by atoms with Crippen molar-refractivity contribution in [2.75, 3.05) is 0 Å². The van der Waals surface area contributed by atoms with E-state index in [1.807, 2.05) is 42.5 Å². The van der Waals surface area contributed by atoms with Crippen LogP contribution in [0.1, 0.15) is 20.8 Å². The van der Waals surface area contributed by atoms with Gasteiger partial charge in [-0.25, -0.2) is 0 Å². The molecule has 0 unspecified atom stereocenters. The summed E-state index contributed by atoms with van der Waals surface area (Å²) in [6.07, 6.45) is 17.7. The fourth-order valence-corrected chi connectivity index (χ4v) is 0.766. The molecule has 0 saturated heterocycles. The molecule has 0 bridgehead atoms. The second-order valence-corrected chi connectivity index (χ2v) is 3.43. The Bertz CT molecular complexity index is 316. The summed E-state index contributed by atoms with van der Waals surface area (Å²) in [5.74, 6) is 0. The molecular weight excluding hydrogens is 180 g/mol. The summed E-state index contributed by atoms with van der Waals surface area (Å²) in [4.78, 5) is 0. The quantitative estimate of drug-likeness (QED) is 0.562. The highest BCUT2D eigenvalue weighted by atomic mass is 13.9. The first-order valence-electron chi connectivity index (χ1n) is 5.11. The molecule has 0 rings (SSSR count). The zero-order chi connectivity index (χ0) is 11.5. The molecule has 0 spiro atoms. The van der Waals surface area contributed by atoms with Crippen LogP contribution in [-0.2, 0) is 0 Å². The molecule has 15 heavy (non-hydrogen) atoms. The van der Waals surface area contributed by atoms with E-state index in [9.17, 15) is 0 Å². The van der Waals surface area contributed by atoms with E-state index in [-0.39, 0.29) is 0 Å². The van der Waals surface area contributed by atoms with Gasteiger partial charge in [-0.1, -0.05) is 72.4 Å². The van der Waals surface area contributed by atoms with Gasteiger partial charge in [0.2, 0.25) is 0 Å². The Morgan fingerprint density at radius 2 is 1.20 bits per heavy atom. The number of allylic oxidation sites excluding steroid dienone is 11. The lowest BCUT2D eigenvalue weighted by molar-refractivity contribution is 1.29. The molecule has 0 nitrogen and oxygen atoms in total. The summed E-state index contributed by atoms with van der Waals surface area (Å²) in [7, 11) is 0. The topological polar surface area (TPSA) is 0 Å². The zero-order valence-electron chi connectivity index (χ0n) is 9.90. The van der Waals surface area contributed by atoms with E-state index in [2.05, 4.69) is 33.4 Å². The molecule has 0 heteroatoms. The minimum absolute atomic E-state index is 1.31. The molecule has 0 aromatic rings. The summed E-state index contributed by atoms with van der Waals surface area (Å²) < 4.78 is 0. The third-order valence-electron chi connectivity index (χ3n) is 1.94. The van der Waals surface area contributed by atoms with Crippen molar-refractivity contribution in [3.63, 3.8) is 0 Å². The van der Waals surface area contributed by atoms with E-state index in [1.165, 1.54) is 11.1 Å². The van der Waals surface area contributed by atoms with Crippen LogP contribution in [0.3, 0.4) is 0 Å². The monoisotopic (exact) mass is 200 g/mol.